The lowest BCUT2D eigenvalue weighted by Gasteiger charge is -2.08. The highest BCUT2D eigenvalue weighted by molar-refractivity contribution is 7.18. The summed E-state index contributed by atoms with van der Waals surface area (Å²) in [6.45, 7) is 0. The first kappa shape index (κ1) is 12.8. The smallest absolute Gasteiger partial charge is 0.0722 e. The van der Waals surface area contributed by atoms with Crippen LogP contribution >= 0.6 is 11.3 Å². The molecule has 0 saturated carbocycles. The Balaban J connectivity index is 1.95. The average Bonchev–Trinajstić information content (AvgIpc) is 3.10. The first-order chi connectivity index (χ1) is 11.4. The molecule has 0 N–H and O–H groups in total. The molecule has 0 unspecified atom stereocenters. The molecule has 108 valence electrons. The van der Waals surface area contributed by atoms with E-state index < -0.39 is 0 Å². The minimum atomic E-state index is 1.05. The van der Waals surface area contributed by atoms with Gasteiger partial charge in [0.1, 0.15) is 0 Å². The predicted molar refractivity (Wildman–Crippen MR) is 100 cm³/mol. The molecule has 0 fully saturated rings. The zero-order valence-electron chi connectivity index (χ0n) is 12.4. The fourth-order valence-electron chi connectivity index (χ4n) is 3.22. The summed E-state index contributed by atoms with van der Waals surface area (Å²) in [5, 5.41) is 5.90. The van der Waals surface area contributed by atoms with E-state index in [4.69, 9.17) is 4.98 Å². The van der Waals surface area contributed by atoms with Gasteiger partial charge in [0.05, 0.1) is 11.0 Å². The Morgan fingerprint density at radius 3 is 2.43 bits per heavy atom. The van der Waals surface area contributed by atoms with Crippen LogP contribution in [0, 0.1) is 0 Å². The van der Waals surface area contributed by atoms with Crippen LogP contribution in [-0.4, -0.2) is 4.98 Å². The van der Waals surface area contributed by atoms with Crippen LogP contribution in [0.4, 0.5) is 0 Å². The molecular formula is C21H13NS. The lowest BCUT2D eigenvalue weighted by molar-refractivity contribution is 1.51. The van der Waals surface area contributed by atoms with Crippen molar-refractivity contribution in [3.63, 3.8) is 0 Å². The first-order valence-electron chi connectivity index (χ1n) is 7.65. The molecule has 2 heterocycles. The SMILES string of the molecule is c1ccc(-c2cc3nc4ccccc4cc3c3ccsc23)cc1. The molecule has 0 bridgehead atoms. The number of hydrogen-bond donors (Lipinski definition) is 0. The molecule has 0 spiro atoms. The highest BCUT2D eigenvalue weighted by Gasteiger charge is 2.11. The summed E-state index contributed by atoms with van der Waals surface area (Å²) in [5.41, 5.74) is 4.63. The van der Waals surface area contributed by atoms with Gasteiger partial charge in [-0.3, -0.25) is 0 Å². The molecule has 3 aromatic carbocycles. The molecule has 2 aromatic heterocycles. The van der Waals surface area contributed by atoms with E-state index in [1.54, 1.807) is 11.3 Å². The Kier molecular flexibility index (Phi) is 2.73. The van der Waals surface area contributed by atoms with Crippen molar-refractivity contribution in [2.45, 2.75) is 0 Å². The third-order valence-electron chi connectivity index (χ3n) is 4.32. The quantitative estimate of drug-likeness (QED) is 0.332. The van der Waals surface area contributed by atoms with Gasteiger partial charge in [-0.25, -0.2) is 4.98 Å². The van der Waals surface area contributed by atoms with Crippen molar-refractivity contribution in [3.05, 3.63) is 78.2 Å². The molecule has 2 heteroatoms. The zero-order valence-corrected chi connectivity index (χ0v) is 13.2. The van der Waals surface area contributed by atoms with E-state index in [9.17, 15) is 0 Å². The Labute approximate surface area is 137 Å². The summed E-state index contributed by atoms with van der Waals surface area (Å²) >= 11 is 1.80. The number of para-hydroxylation sites is 1. The van der Waals surface area contributed by atoms with Gasteiger partial charge in [0.25, 0.3) is 0 Å². The Hall–Kier alpha value is -2.71. The molecule has 0 radical (unpaired) electrons. The fourth-order valence-corrected chi connectivity index (χ4v) is 4.17. The molecule has 5 rings (SSSR count). The molecule has 0 atom stereocenters. The van der Waals surface area contributed by atoms with Crippen LogP contribution < -0.4 is 0 Å². The van der Waals surface area contributed by atoms with Crippen LogP contribution in [0.15, 0.2) is 78.2 Å². The van der Waals surface area contributed by atoms with E-state index in [2.05, 4.69) is 72.1 Å². The third kappa shape index (κ3) is 1.96. The number of thiophene rings is 1. The molecule has 0 aliphatic heterocycles. The van der Waals surface area contributed by atoms with Crippen molar-refractivity contribution in [2.75, 3.05) is 0 Å². The van der Waals surface area contributed by atoms with Gasteiger partial charge in [0, 0.05) is 26.4 Å². The second kappa shape index (κ2) is 4.90. The minimum Gasteiger partial charge on any atom is -0.248 e. The number of aromatic nitrogens is 1. The van der Waals surface area contributed by atoms with Gasteiger partial charge in [-0.1, -0.05) is 48.5 Å². The van der Waals surface area contributed by atoms with Gasteiger partial charge < -0.3 is 0 Å². The predicted octanol–water partition coefficient (Wildman–Crippen LogP) is 6.27. The number of pyridine rings is 1. The van der Waals surface area contributed by atoms with E-state index in [0.717, 1.165) is 11.0 Å². The lowest BCUT2D eigenvalue weighted by atomic mass is 10.00. The second-order valence-electron chi connectivity index (χ2n) is 5.70. The van der Waals surface area contributed by atoms with E-state index in [1.807, 2.05) is 6.07 Å². The van der Waals surface area contributed by atoms with Crippen LogP contribution in [-0.2, 0) is 0 Å². The van der Waals surface area contributed by atoms with Crippen molar-refractivity contribution < 1.29 is 0 Å². The van der Waals surface area contributed by atoms with Crippen molar-refractivity contribution in [1.82, 2.24) is 4.98 Å². The molecule has 1 nitrogen and oxygen atoms in total. The Bertz CT molecular complexity index is 1160. The van der Waals surface area contributed by atoms with Crippen LogP contribution in [0.25, 0.3) is 43.0 Å². The Morgan fingerprint density at radius 2 is 1.52 bits per heavy atom. The van der Waals surface area contributed by atoms with Gasteiger partial charge in [0.15, 0.2) is 0 Å². The van der Waals surface area contributed by atoms with E-state index in [-0.39, 0.29) is 0 Å². The van der Waals surface area contributed by atoms with Gasteiger partial charge >= 0.3 is 0 Å². The highest BCUT2D eigenvalue weighted by Crippen LogP contribution is 2.38. The maximum Gasteiger partial charge on any atom is 0.0722 e. The summed E-state index contributed by atoms with van der Waals surface area (Å²) in [6.07, 6.45) is 0. The van der Waals surface area contributed by atoms with Gasteiger partial charge in [-0.15, -0.1) is 11.3 Å². The molecule has 0 amide bonds. The topological polar surface area (TPSA) is 12.9 Å². The maximum atomic E-state index is 4.90. The van der Waals surface area contributed by atoms with Crippen molar-refractivity contribution in [1.29, 1.82) is 0 Å². The van der Waals surface area contributed by atoms with Crippen LogP contribution in [0.3, 0.4) is 0 Å². The van der Waals surface area contributed by atoms with Crippen molar-refractivity contribution in [2.24, 2.45) is 0 Å². The van der Waals surface area contributed by atoms with E-state index in [0.29, 0.717) is 0 Å². The van der Waals surface area contributed by atoms with Gasteiger partial charge in [-0.05, 0) is 35.2 Å². The summed E-state index contributed by atoms with van der Waals surface area (Å²) in [7, 11) is 0. The number of rotatable bonds is 1. The molecule has 23 heavy (non-hydrogen) atoms. The van der Waals surface area contributed by atoms with Crippen LogP contribution in [0.2, 0.25) is 0 Å². The average molecular weight is 311 g/mol. The summed E-state index contributed by atoms with van der Waals surface area (Å²) in [4.78, 5) is 4.90. The third-order valence-corrected chi connectivity index (χ3v) is 5.27. The highest BCUT2D eigenvalue weighted by atomic mass is 32.1. The zero-order chi connectivity index (χ0) is 15.2. The maximum absolute atomic E-state index is 4.90. The molecule has 5 aromatic rings. The van der Waals surface area contributed by atoms with Gasteiger partial charge in [-0.2, -0.15) is 0 Å². The van der Waals surface area contributed by atoms with Crippen molar-refractivity contribution in [3.8, 4) is 11.1 Å². The Morgan fingerprint density at radius 1 is 0.696 bits per heavy atom. The fraction of sp³-hybridized carbons (Fsp3) is 0. The number of fused-ring (bicyclic) bond motifs is 4. The van der Waals surface area contributed by atoms with Gasteiger partial charge in [0.2, 0.25) is 0 Å². The molecule has 0 aliphatic carbocycles. The number of nitrogens with zero attached hydrogens (tertiary/aromatic N) is 1. The summed E-state index contributed by atoms with van der Waals surface area (Å²) in [5.74, 6) is 0. The normalized spacial score (nSPS) is 11.5. The summed E-state index contributed by atoms with van der Waals surface area (Å²) < 4.78 is 1.33. The molecule has 0 aliphatic rings. The monoisotopic (exact) mass is 311 g/mol. The molecule has 0 saturated heterocycles. The van der Waals surface area contributed by atoms with Crippen molar-refractivity contribution >= 4 is 43.2 Å². The lowest BCUT2D eigenvalue weighted by Crippen LogP contribution is -1.85. The molecular weight excluding hydrogens is 298 g/mol. The van der Waals surface area contributed by atoms with Crippen LogP contribution in [0.5, 0.6) is 0 Å². The summed E-state index contributed by atoms with van der Waals surface area (Å²) in [6, 6.07) is 25.6. The second-order valence-corrected chi connectivity index (χ2v) is 6.62. The van der Waals surface area contributed by atoms with E-state index in [1.165, 1.54) is 32.0 Å². The van der Waals surface area contributed by atoms with E-state index >= 15 is 0 Å². The largest absolute Gasteiger partial charge is 0.248 e. The standard InChI is InChI=1S/C21H13NS/c1-2-6-14(7-3-1)17-13-20-18(16-10-11-23-21(16)17)12-15-8-4-5-9-19(15)22-20/h1-13H. The number of hydrogen-bond acceptors (Lipinski definition) is 2. The minimum absolute atomic E-state index is 1.05. The number of benzene rings is 3. The van der Waals surface area contributed by atoms with Crippen LogP contribution in [0.1, 0.15) is 0 Å². The first-order valence-corrected chi connectivity index (χ1v) is 8.53.